The van der Waals surface area contributed by atoms with E-state index in [4.69, 9.17) is 0 Å². The quantitative estimate of drug-likeness (QED) is 0.765. The van der Waals surface area contributed by atoms with Crippen LogP contribution in [-0.4, -0.2) is 15.0 Å². The summed E-state index contributed by atoms with van der Waals surface area (Å²) in [7, 11) is 0. The van der Waals surface area contributed by atoms with Gasteiger partial charge in [-0.05, 0) is 25.0 Å². The Kier molecular flexibility index (Phi) is 3.50. The lowest BCUT2D eigenvalue weighted by Gasteiger charge is -2.04. The van der Waals surface area contributed by atoms with Gasteiger partial charge in [-0.2, -0.15) is 0 Å². The first-order valence-electron chi connectivity index (χ1n) is 7.19. The molecule has 3 nitrogen and oxygen atoms in total. The van der Waals surface area contributed by atoms with E-state index in [9.17, 15) is 0 Å². The summed E-state index contributed by atoms with van der Waals surface area (Å²) in [6.07, 6.45) is 3.33. The Bertz CT molecular complexity index is 714. The molecule has 0 atom stereocenters. The summed E-state index contributed by atoms with van der Waals surface area (Å²) in [6.45, 7) is 4.24. The second kappa shape index (κ2) is 5.45. The van der Waals surface area contributed by atoms with E-state index in [2.05, 4.69) is 52.2 Å². The van der Waals surface area contributed by atoms with Gasteiger partial charge in [-0.25, -0.2) is 9.97 Å². The molecular weight excluding hydrogens is 246 g/mol. The fourth-order valence-corrected chi connectivity index (χ4v) is 2.45. The Morgan fingerprint density at radius 1 is 1.10 bits per heavy atom. The van der Waals surface area contributed by atoms with E-state index in [0.717, 1.165) is 35.5 Å². The Labute approximate surface area is 119 Å². The zero-order chi connectivity index (χ0) is 13.9. The van der Waals surface area contributed by atoms with Crippen LogP contribution in [0.15, 0.2) is 36.4 Å². The van der Waals surface area contributed by atoms with E-state index < -0.39 is 0 Å². The van der Waals surface area contributed by atoms with Crippen LogP contribution >= 0.6 is 0 Å². The minimum Gasteiger partial charge on any atom is -0.341 e. The Balaban J connectivity index is 2.04. The number of unbranched alkanes of at least 4 members (excludes halogenated alkanes) is 1. The average Bonchev–Trinajstić information content (AvgIpc) is 2.86. The van der Waals surface area contributed by atoms with Crippen LogP contribution in [0.4, 0.5) is 0 Å². The summed E-state index contributed by atoms with van der Waals surface area (Å²) in [5.41, 5.74) is 5.25. The van der Waals surface area contributed by atoms with Crippen molar-refractivity contribution in [3.63, 3.8) is 0 Å². The van der Waals surface area contributed by atoms with Crippen LogP contribution in [0.3, 0.4) is 0 Å². The molecule has 1 N–H and O–H groups in total. The molecule has 20 heavy (non-hydrogen) atoms. The van der Waals surface area contributed by atoms with Gasteiger partial charge in [-0.3, -0.25) is 0 Å². The van der Waals surface area contributed by atoms with Crippen LogP contribution in [0.25, 0.3) is 22.3 Å². The number of nitrogens with zero attached hydrogens (tertiary/aromatic N) is 2. The number of aryl methyl sites for hydroxylation is 2. The highest BCUT2D eigenvalue weighted by Crippen LogP contribution is 2.25. The number of imidazole rings is 1. The molecule has 3 heteroatoms. The number of hydrogen-bond donors (Lipinski definition) is 1. The van der Waals surface area contributed by atoms with Gasteiger partial charge in [-0.15, -0.1) is 0 Å². The standard InChI is InChI=1S/C17H19N3/c1-3-4-10-16-19-15-11-14(12(2)18-17(15)20-16)13-8-6-5-7-9-13/h5-9,11H,3-4,10H2,1-2H3,(H,18,19,20). The van der Waals surface area contributed by atoms with Crippen LogP contribution in [0.5, 0.6) is 0 Å². The SMILES string of the molecule is CCCCc1nc2nc(C)c(-c3ccccc3)cc2[nH]1. The van der Waals surface area contributed by atoms with Crippen molar-refractivity contribution in [3.05, 3.63) is 47.9 Å². The number of rotatable bonds is 4. The average molecular weight is 265 g/mol. The van der Waals surface area contributed by atoms with Crippen molar-refractivity contribution in [2.45, 2.75) is 33.1 Å². The molecule has 0 saturated carbocycles. The Morgan fingerprint density at radius 3 is 2.65 bits per heavy atom. The van der Waals surface area contributed by atoms with Gasteiger partial charge in [0.05, 0.1) is 5.52 Å². The van der Waals surface area contributed by atoms with Gasteiger partial charge in [0.2, 0.25) is 0 Å². The van der Waals surface area contributed by atoms with E-state index in [1.807, 2.05) is 13.0 Å². The van der Waals surface area contributed by atoms with Gasteiger partial charge < -0.3 is 4.98 Å². The third-order valence-corrected chi connectivity index (χ3v) is 3.56. The van der Waals surface area contributed by atoms with Gasteiger partial charge in [0.25, 0.3) is 0 Å². The summed E-state index contributed by atoms with van der Waals surface area (Å²) in [5, 5.41) is 0. The van der Waals surface area contributed by atoms with Crippen LogP contribution in [-0.2, 0) is 6.42 Å². The van der Waals surface area contributed by atoms with Gasteiger partial charge in [0, 0.05) is 17.7 Å². The lowest BCUT2D eigenvalue weighted by Crippen LogP contribution is -1.89. The highest BCUT2D eigenvalue weighted by atomic mass is 15.0. The van der Waals surface area contributed by atoms with Crippen molar-refractivity contribution in [2.75, 3.05) is 0 Å². The summed E-state index contributed by atoms with van der Waals surface area (Å²) in [4.78, 5) is 12.6. The number of hydrogen-bond acceptors (Lipinski definition) is 2. The monoisotopic (exact) mass is 265 g/mol. The summed E-state index contributed by atoms with van der Waals surface area (Å²) < 4.78 is 0. The fourth-order valence-electron chi connectivity index (χ4n) is 2.45. The molecule has 0 unspecified atom stereocenters. The number of pyridine rings is 1. The molecule has 0 radical (unpaired) electrons. The second-order valence-electron chi connectivity index (χ2n) is 5.15. The molecule has 3 aromatic rings. The number of benzene rings is 1. The molecule has 0 fully saturated rings. The molecule has 102 valence electrons. The van der Waals surface area contributed by atoms with Crippen LogP contribution in [0, 0.1) is 6.92 Å². The van der Waals surface area contributed by atoms with Crippen molar-refractivity contribution in [2.24, 2.45) is 0 Å². The second-order valence-corrected chi connectivity index (χ2v) is 5.15. The van der Waals surface area contributed by atoms with E-state index in [-0.39, 0.29) is 0 Å². The number of fused-ring (bicyclic) bond motifs is 1. The maximum Gasteiger partial charge on any atom is 0.177 e. The third-order valence-electron chi connectivity index (χ3n) is 3.56. The number of aromatic amines is 1. The Morgan fingerprint density at radius 2 is 1.90 bits per heavy atom. The van der Waals surface area contributed by atoms with E-state index in [1.54, 1.807) is 0 Å². The molecule has 0 bridgehead atoms. The smallest absolute Gasteiger partial charge is 0.177 e. The van der Waals surface area contributed by atoms with Crippen molar-refractivity contribution < 1.29 is 0 Å². The van der Waals surface area contributed by atoms with Crippen molar-refractivity contribution in [1.82, 2.24) is 15.0 Å². The summed E-state index contributed by atoms with van der Waals surface area (Å²) >= 11 is 0. The van der Waals surface area contributed by atoms with E-state index in [0.29, 0.717) is 0 Å². The predicted molar refractivity (Wildman–Crippen MR) is 82.7 cm³/mol. The van der Waals surface area contributed by atoms with Gasteiger partial charge in [0.1, 0.15) is 5.82 Å². The highest BCUT2D eigenvalue weighted by molar-refractivity contribution is 5.79. The normalized spacial score (nSPS) is 11.1. The van der Waals surface area contributed by atoms with Gasteiger partial charge in [-0.1, -0.05) is 43.7 Å². The molecule has 0 aliphatic rings. The number of nitrogens with one attached hydrogen (secondary N) is 1. The Hall–Kier alpha value is -2.16. The van der Waals surface area contributed by atoms with Gasteiger partial charge in [0.15, 0.2) is 5.65 Å². The van der Waals surface area contributed by atoms with Gasteiger partial charge >= 0.3 is 0 Å². The topological polar surface area (TPSA) is 41.6 Å². The molecule has 0 aliphatic carbocycles. The van der Waals surface area contributed by atoms with Crippen LogP contribution in [0.2, 0.25) is 0 Å². The first-order chi connectivity index (χ1) is 9.78. The highest BCUT2D eigenvalue weighted by Gasteiger charge is 2.09. The molecule has 2 aromatic heterocycles. The zero-order valence-electron chi connectivity index (χ0n) is 12.0. The van der Waals surface area contributed by atoms with Crippen molar-refractivity contribution in [3.8, 4) is 11.1 Å². The first kappa shape index (κ1) is 12.9. The molecule has 1 aromatic carbocycles. The van der Waals surface area contributed by atoms with Crippen molar-refractivity contribution >= 4 is 11.2 Å². The number of H-pyrrole nitrogens is 1. The van der Waals surface area contributed by atoms with Crippen LogP contribution in [0.1, 0.15) is 31.3 Å². The molecule has 0 aliphatic heterocycles. The zero-order valence-corrected chi connectivity index (χ0v) is 12.0. The first-order valence-corrected chi connectivity index (χ1v) is 7.19. The molecular formula is C17H19N3. The molecule has 3 rings (SSSR count). The van der Waals surface area contributed by atoms with E-state index in [1.165, 1.54) is 17.5 Å². The predicted octanol–water partition coefficient (Wildman–Crippen LogP) is 4.28. The number of aromatic nitrogens is 3. The summed E-state index contributed by atoms with van der Waals surface area (Å²) in [6, 6.07) is 12.5. The third kappa shape index (κ3) is 2.44. The fraction of sp³-hybridized carbons (Fsp3) is 0.294. The largest absolute Gasteiger partial charge is 0.341 e. The minimum atomic E-state index is 0.827. The lowest BCUT2D eigenvalue weighted by molar-refractivity contribution is 0.764. The maximum absolute atomic E-state index is 4.64. The maximum atomic E-state index is 4.64. The van der Waals surface area contributed by atoms with Crippen molar-refractivity contribution in [1.29, 1.82) is 0 Å². The molecule has 2 heterocycles. The van der Waals surface area contributed by atoms with Crippen LogP contribution < -0.4 is 0 Å². The molecule has 0 amide bonds. The molecule has 0 saturated heterocycles. The lowest BCUT2D eigenvalue weighted by atomic mass is 10.0. The summed E-state index contributed by atoms with van der Waals surface area (Å²) in [5.74, 6) is 1.04. The minimum absolute atomic E-state index is 0.827. The molecule has 0 spiro atoms. The van der Waals surface area contributed by atoms with E-state index >= 15 is 0 Å².